The Bertz CT molecular complexity index is 1690. The normalized spacial score (nSPS) is 20.7. The van der Waals surface area contributed by atoms with Gasteiger partial charge in [-0.15, -0.1) is 0 Å². The van der Waals surface area contributed by atoms with Crippen molar-refractivity contribution in [2.75, 3.05) is 6.61 Å². The van der Waals surface area contributed by atoms with Crippen molar-refractivity contribution in [3.8, 4) is 0 Å². The molecule has 0 aliphatic carbocycles. The van der Waals surface area contributed by atoms with Gasteiger partial charge in [0, 0.05) is 23.5 Å². The zero-order chi connectivity index (χ0) is 29.8. The number of aliphatic hydroxyl groups is 2. The summed E-state index contributed by atoms with van der Waals surface area (Å²) in [6.45, 7) is -0.618. The van der Waals surface area contributed by atoms with Crippen molar-refractivity contribution < 1.29 is 38.4 Å². The highest BCUT2D eigenvalue weighted by atomic mass is 19.1. The minimum absolute atomic E-state index is 0.0225. The Morgan fingerprint density at radius 3 is 2.57 bits per heavy atom. The first-order chi connectivity index (χ1) is 20.2. The maximum atomic E-state index is 13.8. The molecule has 0 spiro atoms. The number of esters is 1. The molecule has 13 nitrogen and oxygen atoms in total. The number of aliphatic hydroxyl groups excluding tert-OH is 2. The molecule has 1 fully saturated rings. The van der Waals surface area contributed by atoms with E-state index in [9.17, 15) is 33.8 Å². The van der Waals surface area contributed by atoms with Crippen molar-refractivity contribution in [3.63, 3.8) is 0 Å². The average molecular weight is 583 g/mol. The summed E-state index contributed by atoms with van der Waals surface area (Å²) >= 11 is 0. The number of para-hydroxylation sites is 1. The highest BCUT2D eigenvalue weighted by Crippen LogP contribution is 2.29. The number of hydrogen-bond donors (Lipinski definition) is 5. The summed E-state index contributed by atoms with van der Waals surface area (Å²) < 4.78 is 30.5. The topological polar surface area (TPSA) is 185 Å². The minimum Gasteiger partial charge on any atom is -0.461 e. The zero-order valence-corrected chi connectivity index (χ0v) is 21.9. The van der Waals surface area contributed by atoms with Gasteiger partial charge in [0.25, 0.3) is 5.56 Å². The van der Waals surface area contributed by atoms with E-state index in [0.717, 1.165) is 16.5 Å². The fourth-order valence-corrected chi connectivity index (χ4v) is 4.63. The van der Waals surface area contributed by atoms with Gasteiger partial charge in [0.2, 0.25) is 5.82 Å². The van der Waals surface area contributed by atoms with Crippen LogP contribution in [-0.2, 0) is 32.0 Å². The number of carbonyl (C=O) groups excluding carboxylic acids is 2. The SMILES string of the molecule is O=C(N[C@@H](Cc1c[nH]c2ccccc12)C(=O)OC[C@H]1O[C@@H](n2cc(F)c(=O)[nH]c2=O)[C@H](O)[C@@H]1O)OCc1ccccc1. The molecular formula is C28H27FN4O9. The van der Waals surface area contributed by atoms with Crippen LogP contribution >= 0.6 is 0 Å². The number of halogens is 1. The summed E-state index contributed by atoms with van der Waals surface area (Å²) in [6.07, 6.45) is -4.86. The Morgan fingerprint density at radius 2 is 1.79 bits per heavy atom. The van der Waals surface area contributed by atoms with Gasteiger partial charge in [-0.25, -0.2) is 14.4 Å². The van der Waals surface area contributed by atoms with Crippen molar-refractivity contribution in [1.82, 2.24) is 19.9 Å². The highest BCUT2D eigenvalue weighted by Gasteiger charge is 2.45. The van der Waals surface area contributed by atoms with Crippen molar-refractivity contribution in [2.45, 2.75) is 43.6 Å². The van der Waals surface area contributed by atoms with Crippen molar-refractivity contribution in [2.24, 2.45) is 0 Å². The molecule has 42 heavy (non-hydrogen) atoms. The first-order valence-electron chi connectivity index (χ1n) is 12.9. The Morgan fingerprint density at radius 1 is 1.05 bits per heavy atom. The second kappa shape index (κ2) is 12.4. The lowest BCUT2D eigenvalue weighted by molar-refractivity contribution is -0.152. The van der Waals surface area contributed by atoms with Crippen LogP contribution in [-0.4, -0.2) is 67.8 Å². The standard InChI is InChI=1S/C28H27FN4O9/c29-18-12-33(27(38)32-24(18)36)25-23(35)22(34)21(42-25)14-40-26(37)20(10-16-11-30-19-9-5-4-8-17(16)19)31-28(39)41-13-15-6-2-1-3-7-15/h1-9,11-12,20-23,25,30,34-35H,10,13-14H2,(H,31,39)(H,32,36,38)/t20-,21+,22+,23+,25+/m0/s1. The molecule has 1 aliphatic rings. The Labute approximate surface area is 236 Å². The molecule has 4 aromatic rings. The molecule has 2 aromatic heterocycles. The van der Waals surface area contributed by atoms with Crippen molar-refractivity contribution in [3.05, 3.63) is 105 Å². The van der Waals surface area contributed by atoms with Gasteiger partial charge in [-0.05, 0) is 17.2 Å². The number of benzene rings is 2. The van der Waals surface area contributed by atoms with Crippen molar-refractivity contribution in [1.29, 1.82) is 0 Å². The summed E-state index contributed by atoms with van der Waals surface area (Å²) in [5.74, 6) is -2.20. The number of rotatable bonds is 9. The van der Waals surface area contributed by atoms with Crippen LogP contribution in [0, 0.1) is 5.82 Å². The molecule has 220 valence electrons. The van der Waals surface area contributed by atoms with Crippen LogP contribution in [0.3, 0.4) is 0 Å². The van der Waals surface area contributed by atoms with Crippen LogP contribution < -0.4 is 16.6 Å². The molecular weight excluding hydrogens is 555 g/mol. The summed E-state index contributed by atoms with van der Waals surface area (Å²) in [5, 5.41) is 24.2. The third-order valence-electron chi connectivity index (χ3n) is 6.81. The van der Waals surface area contributed by atoms with Crippen LogP contribution in [0.15, 0.2) is 76.6 Å². The molecule has 3 heterocycles. The average Bonchev–Trinajstić information content (AvgIpc) is 3.52. The lowest BCUT2D eigenvalue weighted by Gasteiger charge is -2.20. The molecule has 0 saturated carbocycles. The maximum absolute atomic E-state index is 13.8. The minimum atomic E-state index is -1.72. The summed E-state index contributed by atoms with van der Waals surface area (Å²) in [6, 6.07) is 15.1. The van der Waals surface area contributed by atoms with E-state index in [4.69, 9.17) is 14.2 Å². The molecule has 0 bridgehead atoms. The van der Waals surface area contributed by atoms with E-state index in [1.165, 1.54) is 0 Å². The lowest BCUT2D eigenvalue weighted by Crippen LogP contribution is -2.45. The molecule has 5 atom stereocenters. The Kier molecular flexibility index (Phi) is 8.47. The van der Waals surface area contributed by atoms with E-state index in [1.807, 2.05) is 30.3 Å². The van der Waals surface area contributed by atoms with Crippen LogP contribution in [0.5, 0.6) is 0 Å². The van der Waals surface area contributed by atoms with Crippen molar-refractivity contribution >= 4 is 23.0 Å². The highest BCUT2D eigenvalue weighted by molar-refractivity contribution is 5.86. The number of hydrogen-bond acceptors (Lipinski definition) is 9. The van der Waals surface area contributed by atoms with E-state index in [-0.39, 0.29) is 13.0 Å². The van der Waals surface area contributed by atoms with Gasteiger partial charge < -0.3 is 34.7 Å². The number of aromatic nitrogens is 3. The van der Waals surface area contributed by atoms with Gasteiger partial charge in [0.15, 0.2) is 6.23 Å². The number of nitrogens with one attached hydrogen (secondary N) is 3. The summed E-state index contributed by atoms with van der Waals surface area (Å²) in [5.41, 5.74) is -0.0609. The molecule has 1 aliphatic heterocycles. The molecule has 14 heteroatoms. The Hall–Kier alpha value is -4.79. The number of fused-ring (bicyclic) bond motifs is 1. The number of aromatic amines is 2. The number of amides is 1. The third kappa shape index (κ3) is 6.25. The Balaban J connectivity index is 1.28. The summed E-state index contributed by atoms with van der Waals surface area (Å²) in [7, 11) is 0. The largest absolute Gasteiger partial charge is 0.461 e. The number of alkyl carbamates (subject to hydrolysis) is 1. The predicted molar refractivity (Wildman–Crippen MR) is 144 cm³/mol. The second-order valence-electron chi connectivity index (χ2n) is 9.64. The maximum Gasteiger partial charge on any atom is 0.408 e. The molecule has 1 saturated heterocycles. The van der Waals surface area contributed by atoms with Gasteiger partial charge in [-0.1, -0.05) is 48.5 Å². The monoisotopic (exact) mass is 582 g/mol. The van der Waals surface area contributed by atoms with E-state index >= 15 is 0 Å². The van der Waals surface area contributed by atoms with E-state index in [1.54, 1.807) is 35.4 Å². The van der Waals surface area contributed by atoms with Crippen LogP contribution in [0.2, 0.25) is 0 Å². The second-order valence-corrected chi connectivity index (χ2v) is 9.64. The lowest BCUT2D eigenvalue weighted by atomic mass is 10.1. The predicted octanol–water partition coefficient (Wildman–Crippen LogP) is 0.857. The molecule has 0 radical (unpaired) electrons. The van der Waals surface area contributed by atoms with Gasteiger partial charge in [-0.2, -0.15) is 4.39 Å². The van der Waals surface area contributed by atoms with Gasteiger partial charge >= 0.3 is 17.8 Å². The number of carbonyl (C=O) groups is 2. The van der Waals surface area contributed by atoms with E-state index in [0.29, 0.717) is 16.3 Å². The van der Waals surface area contributed by atoms with E-state index in [2.05, 4.69) is 10.3 Å². The van der Waals surface area contributed by atoms with Crippen LogP contribution in [0.25, 0.3) is 10.9 Å². The van der Waals surface area contributed by atoms with Crippen LogP contribution in [0.1, 0.15) is 17.4 Å². The van der Waals surface area contributed by atoms with Gasteiger partial charge in [0.1, 0.15) is 37.6 Å². The fourth-order valence-electron chi connectivity index (χ4n) is 4.63. The smallest absolute Gasteiger partial charge is 0.408 e. The number of ether oxygens (including phenoxy) is 3. The molecule has 0 unspecified atom stereocenters. The molecule has 5 rings (SSSR count). The van der Waals surface area contributed by atoms with Gasteiger partial charge in [0.05, 0.1) is 6.20 Å². The van der Waals surface area contributed by atoms with E-state index < -0.39 is 66.3 Å². The van der Waals surface area contributed by atoms with Crippen LogP contribution in [0.4, 0.5) is 9.18 Å². The molecule has 5 N–H and O–H groups in total. The first kappa shape index (κ1) is 28.7. The molecule has 1 amide bonds. The number of H-pyrrole nitrogens is 2. The first-order valence-corrected chi connectivity index (χ1v) is 12.9. The number of nitrogens with zero attached hydrogens (tertiary/aromatic N) is 1. The third-order valence-corrected chi connectivity index (χ3v) is 6.81. The fraction of sp³-hybridized carbons (Fsp3) is 0.286. The summed E-state index contributed by atoms with van der Waals surface area (Å²) in [4.78, 5) is 54.1. The quantitative estimate of drug-likeness (QED) is 0.179. The van der Waals surface area contributed by atoms with Gasteiger partial charge in [-0.3, -0.25) is 14.3 Å². The zero-order valence-electron chi connectivity index (χ0n) is 21.9. The molecule has 2 aromatic carbocycles.